The summed E-state index contributed by atoms with van der Waals surface area (Å²) in [5.41, 5.74) is -1.53. The lowest BCUT2D eigenvalue weighted by Crippen LogP contribution is -2.27. The zero-order valence-corrected chi connectivity index (χ0v) is 16.3. The van der Waals surface area contributed by atoms with Crippen molar-refractivity contribution in [2.75, 3.05) is 10.6 Å². The fraction of sp³-hybridized carbons (Fsp3) is 0.250. The minimum absolute atomic E-state index is 0.0795. The lowest BCUT2D eigenvalue weighted by atomic mass is 10.1. The largest absolute Gasteiger partial charge is 0.433 e. The fourth-order valence-corrected chi connectivity index (χ4v) is 2.57. The van der Waals surface area contributed by atoms with Gasteiger partial charge in [-0.1, -0.05) is 6.07 Å². The Morgan fingerprint density at radius 1 is 0.800 bits per heavy atom. The van der Waals surface area contributed by atoms with Crippen molar-refractivity contribution in [1.82, 2.24) is 15.0 Å². The van der Waals surface area contributed by atoms with E-state index in [1.165, 1.54) is 18.2 Å². The van der Waals surface area contributed by atoms with Crippen molar-refractivity contribution in [2.45, 2.75) is 32.5 Å². The molecule has 2 aromatic heterocycles. The van der Waals surface area contributed by atoms with Gasteiger partial charge in [-0.15, -0.1) is 0 Å². The van der Waals surface area contributed by atoms with Crippen molar-refractivity contribution in [3.8, 4) is 11.5 Å². The average Bonchev–Trinajstić information content (AvgIpc) is 2.58. The molecule has 1 aromatic carbocycles. The quantitative estimate of drug-likeness (QED) is 0.520. The van der Waals surface area contributed by atoms with Gasteiger partial charge in [-0.3, -0.25) is 0 Å². The Hall–Kier alpha value is -3.30. The predicted molar refractivity (Wildman–Crippen MR) is 103 cm³/mol. The Bertz CT molecular complexity index is 1040. The number of anilines is 3. The van der Waals surface area contributed by atoms with Crippen molar-refractivity contribution in [2.24, 2.45) is 0 Å². The van der Waals surface area contributed by atoms with Gasteiger partial charge >= 0.3 is 6.18 Å². The first kappa shape index (κ1) is 21.4. The van der Waals surface area contributed by atoms with Crippen LogP contribution in [0.5, 0.6) is 0 Å². The molecule has 0 saturated carbocycles. The van der Waals surface area contributed by atoms with Crippen molar-refractivity contribution < 1.29 is 22.0 Å². The maximum absolute atomic E-state index is 13.5. The Kier molecular flexibility index (Phi) is 5.60. The first-order valence-corrected chi connectivity index (χ1v) is 8.84. The number of benzene rings is 1. The molecular formula is C20H18F5N5. The first-order chi connectivity index (χ1) is 13.9. The predicted octanol–water partition coefficient (Wildman–Crippen LogP) is 5.79. The van der Waals surface area contributed by atoms with E-state index in [2.05, 4.69) is 25.6 Å². The van der Waals surface area contributed by atoms with E-state index in [0.717, 1.165) is 24.3 Å². The van der Waals surface area contributed by atoms with Crippen molar-refractivity contribution in [3.63, 3.8) is 0 Å². The van der Waals surface area contributed by atoms with E-state index >= 15 is 0 Å². The van der Waals surface area contributed by atoms with Crippen LogP contribution in [0.4, 0.5) is 39.3 Å². The van der Waals surface area contributed by atoms with Gasteiger partial charge in [0.1, 0.15) is 34.7 Å². The molecule has 2 heterocycles. The van der Waals surface area contributed by atoms with Crippen LogP contribution >= 0.6 is 0 Å². The number of halogens is 5. The van der Waals surface area contributed by atoms with Crippen LogP contribution in [0.2, 0.25) is 0 Å². The fourth-order valence-electron chi connectivity index (χ4n) is 2.57. The van der Waals surface area contributed by atoms with E-state index in [0.29, 0.717) is 5.82 Å². The molecule has 10 heteroatoms. The van der Waals surface area contributed by atoms with Crippen LogP contribution in [-0.2, 0) is 6.18 Å². The third-order valence-corrected chi connectivity index (χ3v) is 3.63. The third kappa shape index (κ3) is 5.62. The third-order valence-electron chi connectivity index (χ3n) is 3.63. The molecule has 5 nitrogen and oxygen atoms in total. The highest BCUT2D eigenvalue weighted by Gasteiger charge is 2.32. The van der Waals surface area contributed by atoms with Gasteiger partial charge in [-0.2, -0.15) is 13.2 Å². The van der Waals surface area contributed by atoms with Gasteiger partial charge in [0.05, 0.1) is 0 Å². The number of aromatic nitrogens is 3. The normalized spacial score (nSPS) is 12.0. The number of pyridine rings is 1. The van der Waals surface area contributed by atoms with Gasteiger partial charge in [-0.05, 0) is 45.0 Å². The molecule has 30 heavy (non-hydrogen) atoms. The summed E-state index contributed by atoms with van der Waals surface area (Å²) in [6, 6.07) is 7.70. The molecule has 0 radical (unpaired) electrons. The molecule has 158 valence electrons. The van der Waals surface area contributed by atoms with Gasteiger partial charge in [0.25, 0.3) is 0 Å². The van der Waals surface area contributed by atoms with Gasteiger partial charge in [-0.25, -0.2) is 23.7 Å². The van der Waals surface area contributed by atoms with Gasteiger partial charge in [0, 0.05) is 23.4 Å². The molecule has 0 amide bonds. The number of nitrogens with zero attached hydrogens (tertiary/aromatic N) is 3. The maximum Gasteiger partial charge on any atom is 0.433 e. The monoisotopic (exact) mass is 423 g/mol. The summed E-state index contributed by atoms with van der Waals surface area (Å²) in [5.74, 6) is -1.25. The molecule has 3 aromatic rings. The zero-order chi connectivity index (χ0) is 22.1. The second-order valence-electron chi connectivity index (χ2n) is 7.53. The van der Waals surface area contributed by atoms with E-state index in [-0.39, 0.29) is 23.0 Å². The Morgan fingerprint density at radius 2 is 1.43 bits per heavy atom. The zero-order valence-electron chi connectivity index (χ0n) is 16.3. The molecule has 3 rings (SSSR count). The standard InChI is InChI=1S/C20H18F5N5/c1-19(2,3)30-17-10-16(26-13-8-11(21)7-12(22)9-13)28-18(29-17)14-5-4-6-15(27-14)20(23,24)25/h4-10H,1-3H3,(H2,26,28,29,30). The number of nitrogens with one attached hydrogen (secondary N) is 2. The highest BCUT2D eigenvalue weighted by Crippen LogP contribution is 2.30. The van der Waals surface area contributed by atoms with Crippen LogP contribution in [-0.4, -0.2) is 20.5 Å². The summed E-state index contributed by atoms with van der Waals surface area (Å²) in [5, 5.41) is 5.84. The van der Waals surface area contributed by atoms with E-state index in [1.807, 2.05) is 20.8 Å². The molecule has 0 spiro atoms. The van der Waals surface area contributed by atoms with E-state index < -0.39 is 29.0 Å². The summed E-state index contributed by atoms with van der Waals surface area (Å²) in [6.45, 7) is 5.60. The van der Waals surface area contributed by atoms with E-state index in [4.69, 9.17) is 0 Å². The van der Waals surface area contributed by atoms with E-state index in [9.17, 15) is 22.0 Å². The SMILES string of the molecule is CC(C)(C)Nc1cc(Nc2cc(F)cc(F)c2)nc(-c2cccc(C(F)(F)F)n2)n1. The van der Waals surface area contributed by atoms with Gasteiger partial charge in [0.15, 0.2) is 5.82 Å². The maximum atomic E-state index is 13.5. The smallest absolute Gasteiger partial charge is 0.365 e. The average molecular weight is 423 g/mol. The highest BCUT2D eigenvalue weighted by atomic mass is 19.4. The Balaban J connectivity index is 2.06. The molecule has 0 atom stereocenters. The second kappa shape index (κ2) is 7.85. The lowest BCUT2D eigenvalue weighted by Gasteiger charge is -2.22. The molecule has 0 unspecified atom stereocenters. The molecule has 0 fully saturated rings. The van der Waals surface area contributed by atoms with Crippen molar-refractivity contribution in [3.05, 3.63) is 59.8 Å². The van der Waals surface area contributed by atoms with Crippen LogP contribution in [0.1, 0.15) is 26.5 Å². The summed E-state index contributed by atoms with van der Waals surface area (Å²) < 4.78 is 66.1. The molecular weight excluding hydrogens is 405 g/mol. The highest BCUT2D eigenvalue weighted by molar-refractivity contribution is 5.64. The number of rotatable bonds is 4. The van der Waals surface area contributed by atoms with Crippen LogP contribution in [0.25, 0.3) is 11.5 Å². The summed E-state index contributed by atoms with van der Waals surface area (Å²) in [7, 11) is 0. The van der Waals surface area contributed by atoms with Crippen LogP contribution in [0.3, 0.4) is 0 Å². The first-order valence-electron chi connectivity index (χ1n) is 8.84. The second-order valence-corrected chi connectivity index (χ2v) is 7.53. The van der Waals surface area contributed by atoms with Crippen LogP contribution < -0.4 is 10.6 Å². The Morgan fingerprint density at radius 3 is 2.03 bits per heavy atom. The molecule has 0 saturated heterocycles. The Labute approximate surface area is 169 Å². The molecule has 2 N–H and O–H groups in total. The van der Waals surface area contributed by atoms with Crippen molar-refractivity contribution >= 4 is 17.3 Å². The minimum Gasteiger partial charge on any atom is -0.365 e. The number of hydrogen-bond acceptors (Lipinski definition) is 5. The molecule has 0 aliphatic rings. The summed E-state index contributed by atoms with van der Waals surface area (Å²) in [6.07, 6.45) is -4.63. The molecule has 0 aliphatic heterocycles. The summed E-state index contributed by atoms with van der Waals surface area (Å²) >= 11 is 0. The van der Waals surface area contributed by atoms with Gasteiger partial charge in [0.2, 0.25) is 0 Å². The molecule has 0 aliphatic carbocycles. The minimum atomic E-state index is -4.63. The van der Waals surface area contributed by atoms with Crippen molar-refractivity contribution in [1.29, 1.82) is 0 Å². The van der Waals surface area contributed by atoms with Gasteiger partial charge < -0.3 is 10.6 Å². The molecule has 0 bridgehead atoms. The van der Waals surface area contributed by atoms with E-state index in [1.54, 1.807) is 0 Å². The topological polar surface area (TPSA) is 62.7 Å². The summed E-state index contributed by atoms with van der Waals surface area (Å²) in [4.78, 5) is 12.0. The van der Waals surface area contributed by atoms with Crippen LogP contribution in [0, 0.1) is 11.6 Å². The van der Waals surface area contributed by atoms with Crippen LogP contribution in [0.15, 0.2) is 42.5 Å². The number of hydrogen-bond donors (Lipinski definition) is 2. The number of alkyl halides is 3. The lowest BCUT2D eigenvalue weighted by molar-refractivity contribution is -0.141.